The lowest BCUT2D eigenvalue weighted by Crippen LogP contribution is -2.21. The number of amides is 1. The Hall–Kier alpha value is -2.53. The number of nitrogens with one attached hydrogen (secondary N) is 1. The first-order valence-electron chi connectivity index (χ1n) is 6.00. The van der Waals surface area contributed by atoms with E-state index in [0.29, 0.717) is 0 Å². The molecular weight excluding hydrogens is 359 g/mol. The lowest BCUT2D eigenvalue weighted by atomic mass is 10.1. The van der Waals surface area contributed by atoms with Crippen molar-refractivity contribution in [3.8, 4) is 0 Å². The van der Waals surface area contributed by atoms with Crippen molar-refractivity contribution in [1.29, 1.82) is 0 Å². The fourth-order valence-electron chi connectivity index (χ4n) is 1.81. The molecule has 0 aliphatic rings. The predicted molar refractivity (Wildman–Crippen MR) is 72.0 cm³/mol. The van der Waals surface area contributed by atoms with E-state index in [0.717, 1.165) is 12.1 Å². The molecule has 2 aromatic carbocycles. The summed E-state index contributed by atoms with van der Waals surface area (Å²) in [5, 5.41) is 6.66. The lowest BCUT2D eigenvalue weighted by Gasteiger charge is -2.11. The first-order chi connectivity index (χ1) is 11.1. The van der Waals surface area contributed by atoms with Crippen LogP contribution < -0.4 is 10.5 Å². The summed E-state index contributed by atoms with van der Waals surface area (Å²) in [6.07, 6.45) is 0. The Labute approximate surface area is 131 Å². The summed E-state index contributed by atoms with van der Waals surface area (Å²) in [7, 11) is -4.31. The molecule has 24 heavy (non-hydrogen) atoms. The van der Waals surface area contributed by atoms with Gasteiger partial charge in [0.25, 0.3) is 5.91 Å². The number of para-hydroxylation sites is 1. The molecule has 2 aromatic rings. The number of hydrogen-bond acceptors (Lipinski definition) is 3. The van der Waals surface area contributed by atoms with Gasteiger partial charge in [-0.05, 0) is 12.1 Å². The van der Waals surface area contributed by atoms with Crippen molar-refractivity contribution in [2.45, 2.75) is 4.90 Å². The molecular formula is C13H7F5N2O3S. The first kappa shape index (κ1) is 17.8. The number of hydrogen-bond donors (Lipinski definition) is 2. The molecule has 128 valence electrons. The molecule has 0 saturated heterocycles. The van der Waals surface area contributed by atoms with Crippen LogP contribution in [0.15, 0.2) is 29.2 Å². The van der Waals surface area contributed by atoms with Crippen LogP contribution in [0.1, 0.15) is 10.4 Å². The first-order valence-corrected chi connectivity index (χ1v) is 7.55. The Morgan fingerprint density at radius 2 is 1.33 bits per heavy atom. The molecule has 1 amide bonds. The quantitative estimate of drug-likeness (QED) is 0.496. The Bertz CT molecular complexity index is 918. The Balaban J connectivity index is 2.55. The third-order valence-corrected chi connectivity index (χ3v) is 3.85. The Morgan fingerprint density at radius 1 is 0.875 bits per heavy atom. The molecule has 0 fully saturated rings. The van der Waals surface area contributed by atoms with Gasteiger partial charge >= 0.3 is 0 Å². The SMILES string of the molecule is NS(=O)(=O)c1ccccc1NC(=O)c1c(F)c(F)c(F)c(F)c1F. The van der Waals surface area contributed by atoms with Gasteiger partial charge in [0, 0.05) is 0 Å². The van der Waals surface area contributed by atoms with Crippen LogP contribution in [0, 0.1) is 29.1 Å². The van der Waals surface area contributed by atoms with E-state index in [1.807, 2.05) is 0 Å². The van der Waals surface area contributed by atoms with Crippen LogP contribution >= 0.6 is 0 Å². The summed E-state index contributed by atoms with van der Waals surface area (Å²) in [6, 6.07) is 4.49. The summed E-state index contributed by atoms with van der Waals surface area (Å²) in [5.74, 6) is -13.5. The molecule has 3 N–H and O–H groups in total. The van der Waals surface area contributed by atoms with E-state index in [1.54, 1.807) is 5.32 Å². The van der Waals surface area contributed by atoms with E-state index in [-0.39, 0.29) is 0 Å². The number of sulfonamides is 1. The second-order valence-electron chi connectivity index (χ2n) is 4.44. The van der Waals surface area contributed by atoms with Crippen molar-refractivity contribution in [1.82, 2.24) is 0 Å². The number of benzene rings is 2. The number of carbonyl (C=O) groups excluding carboxylic acids is 1. The topological polar surface area (TPSA) is 89.3 Å². The zero-order valence-electron chi connectivity index (χ0n) is 11.4. The maximum atomic E-state index is 13.6. The Kier molecular flexibility index (Phi) is 4.58. The normalized spacial score (nSPS) is 11.4. The molecule has 0 saturated carbocycles. The maximum absolute atomic E-state index is 13.6. The van der Waals surface area contributed by atoms with Gasteiger partial charge in [0.1, 0.15) is 10.5 Å². The molecule has 0 aromatic heterocycles. The van der Waals surface area contributed by atoms with Crippen molar-refractivity contribution in [3.63, 3.8) is 0 Å². The zero-order chi connectivity index (χ0) is 18.2. The molecule has 0 atom stereocenters. The molecule has 0 heterocycles. The lowest BCUT2D eigenvalue weighted by molar-refractivity contribution is 0.101. The molecule has 0 aliphatic carbocycles. The Morgan fingerprint density at radius 3 is 1.83 bits per heavy atom. The fraction of sp³-hybridized carbons (Fsp3) is 0. The highest BCUT2D eigenvalue weighted by Crippen LogP contribution is 2.25. The van der Waals surface area contributed by atoms with Crippen LogP contribution in [-0.4, -0.2) is 14.3 Å². The molecule has 2 rings (SSSR count). The number of nitrogens with two attached hydrogens (primary N) is 1. The smallest absolute Gasteiger partial charge is 0.261 e. The van der Waals surface area contributed by atoms with E-state index >= 15 is 0 Å². The van der Waals surface area contributed by atoms with Crippen molar-refractivity contribution in [2.75, 3.05) is 5.32 Å². The van der Waals surface area contributed by atoms with Gasteiger partial charge in [0.05, 0.1) is 5.69 Å². The van der Waals surface area contributed by atoms with Crippen LogP contribution in [0.3, 0.4) is 0 Å². The third kappa shape index (κ3) is 3.08. The summed E-state index contributed by atoms with van der Waals surface area (Å²) >= 11 is 0. The average molecular weight is 366 g/mol. The standard InChI is InChI=1S/C13H7F5N2O3S/c14-8-7(9(15)11(17)12(18)10(8)16)13(21)20-5-3-1-2-4-6(5)24(19,22)23/h1-4H,(H,20,21)(H2,19,22,23). The van der Waals surface area contributed by atoms with Gasteiger partial charge in [-0.15, -0.1) is 0 Å². The van der Waals surface area contributed by atoms with Gasteiger partial charge in [-0.3, -0.25) is 4.79 Å². The van der Waals surface area contributed by atoms with E-state index in [1.165, 1.54) is 12.1 Å². The number of rotatable bonds is 3. The van der Waals surface area contributed by atoms with Gasteiger partial charge < -0.3 is 5.32 Å². The molecule has 0 aliphatic heterocycles. The van der Waals surface area contributed by atoms with Crippen LogP contribution in [0.4, 0.5) is 27.6 Å². The number of anilines is 1. The minimum absolute atomic E-state index is 0.492. The van der Waals surface area contributed by atoms with Crippen LogP contribution in [0.5, 0.6) is 0 Å². The predicted octanol–water partition coefficient (Wildman–Crippen LogP) is 2.28. The van der Waals surface area contributed by atoms with Gasteiger partial charge in [-0.25, -0.2) is 35.5 Å². The molecule has 0 spiro atoms. The van der Waals surface area contributed by atoms with E-state index in [4.69, 9.17) is 5.14 Å². The van der Waals surface area contributed by atoms with Crippen LogP contribution in [0.25, 0.3) is 0 Å². The average Bonchev–Trinajstić information content (AvgIpc) is 2.50. The molecule has 0 unspecified atom stereocenters. The maximum Gasteiger partial charge on any atom is 0.261 e. The van der Waals surface area contributed by atoms with Gasteiger partial charge in [-0.2, -0.15) is 0 Å². The summed E-state index contributed by atoms with van der Waals surface area (Å²) in [6.45, 7) is 0. The van der Waals surface area contributed by atoms with Crippen molar-refractivity contribution in [3.05, 3.63) is 58.9 Å². The summed E-state index contributed by atoms with van der Waals surface area (Å²) < 4.78 is 89.0. The second-order valence-corrected chi connectivity index (χ2v) is 5.97. The molecule has 11 heteroatoms. The number of halogens is 5. The van der Waals surface area contributed by atoms with Crippen molar-refractivity contribution in [2.24, 2.45) is 5.14 Å². The van der Waals surface area contributed by atoms with Crippen LogP contribution in [0.2, 0.25) is 0 Å². The largest absolute Gasteiger partial charge is 0.321 e. The number of carbonyl (C=O) groups is 1. The van der Waals surface area contributed by atoms with E-state index in [9.17, 15) is 35.2 Å². The minimum atomic E-state index is -4.31. The highest BCUT2D eigenvalue weighted by molar-refractivity contribution is 7.89. The van der Waals surface area contributed by atoms with Crippen molar-refractivity contribution >= 4 is 21.6 Å². The summed E-state index contributed by atoms with van der Waals surface area (Å²) in [4.78, 5) is 11.3. The molecule has 5 nitrogen and oxygen atoms in total. The fourth-order valence-corrected chi connectivity index (χ4v) is 2.50. The van der Waals surface area contributed by atoms with E-state index < -0.39 is 61.2 Å². The second kappa shape index (κ2) is 6.17. The van der Waals surface area contributed by atoms with Gasteiger partial charge in [0.15, 0.2) is 23.3 Å². The van der Waals surface area contributed by atoms with Crippen LogP contribution in [-0.2, 0) is 10.0 Å². The minimum Gasteiger partial charge on any atom is -0.321 e. The summed E-state index contributed by atoms with van der Waals surface area (Å²) in [5.41, 5.74) is -2.25. The number of primary sulfonamides is 1. The monoisotopic (exact) mass is 366 g/mol. The third-order valence-electron chi connectivity index (χ3n) is 2.88. The molecule has 0 bridgehead atoms. The van der Waals surface area contributed by atoms with Gasteiger partial charge in [-0.1, -0.05) is 12.1 Å². The van der Waals surface area contributed by atoms with E-state index in [2.05, 4.69) is 0 Å². The highest BCUT2D eigenvalue weighted by Gasteiger charge is 2.30. The zero-order valence-corrected chi connectivity index (χ0v) is 12.2. The van der Waals surface area contributed by atoms with Gasteiger partial charge in [0.2, 0.25) is 15.8 Å². The van der Waals surface area contributed by atoms with Crippen molar-refractivity contribution < 1.29 is 35.2 Å². The molecule has 0 radical (unpaired) electrons. The highest BCUT2D eigenvalue weighted by atomic mass is 32.2.